The summed E-state index contributed by atoms with van der Waals surface area (Å²) in [6, 6.07) is 5.94. The van der Waals surface area contributed by atoms with Crippen LogP contribution in [0.25, 0.3) is 0 Å². The van der Waals surface area contributed by atoms with Crippen LogP contribution in [0.1, 0.15) is 11.4 Å². The van der Waals surface area contributed by atoms with Gasteiger partial charge >= 0.3 is 0 Å². The van der Waals surface area contributed by atoms with Gasteiger partial charge < -0.3 is 10.1 Å². The third kappa shape index (κ3) is 2.55. The first-order valence-corrected chi connectivity index (χ1v) is 5.42. The van der Waals surface area contributed by atoms with Crippen LogP contribution in [0.3, 0.4) is 0 Å². The molecule has 1 N–H and O–H groups in total. The van der Waals surface area contributed by atoms with Gasteiger partial charge in [-0.1, -0.05) is 0 Å². The monoisotopic (exact) mass is 232 g/mol. The zero-order chi connectivity index (χ0) is 12.3. The van der Waals surface area contributed by atoms with Crippen LogP contribution in [0.5, 0.6) is 5.75 Å². The lowest BCUT2D eigenvalue weighted by atomic mass is 10.2. The SMILES string of the molecule is COc1ccc(NCc2ncnn2C)c(C)c1. The molecule has 5 nitrogen and oxygen atoms in total. The summed E-state index contributed by atoms with van der Waals surface area (Å²) >= 11 is 0. The summed E-state index contributed by atoms with van der Waals surface area (Å²) in [5.41, 5.74) is 2.22. The van der Waals surface area contributed by atoms with E-state index >= 15 is 0 Å². The molecule has 0 bridgehead atoms. The van der Waals surface area contributed by atoms with E-state index in [0.29, 0.717) is 6.54 Å². The Kier molecular flexibility index (Phi) is 3.27. The van der Waals surface area contributed by atoms with Crippen LogP contribution >= 0.6 is 0 Å². The van der Waals surface area contributed by atoms with Crippen molar-refractivity contribution in [3.63, 3.8) is 0 Å². The van der Waals surface area contributed by atoms with Gasteiger partial charge in [0.25, 0.3) is 0 Å². The highest BCUT2D eigenvalue weighted by atomic mass is 16.5. The number of aryl methyl sites for hydroxylation is 2. The zero-order valence-corrected chi connectivity index (χ0v) is 10.3. The van der Waals surface area contributed by atoms with Gasteiger partial charge in [0.1, 0.15) is 17.9 Å². The molecule has 0 aliphatic heterocycles. The molecule has 5 heteroatoms. The second-order valence-electron chi connectivity index (χ2n) is 3.83. The molecule has 17 heavy (non-hydrogen) atoms. The van der Waals surface area contributed by atoms with Gasteiger partial charge in [0.2, 0.25) is 0 Å². The van der Waals surface area contributed by atoms with E-state index in [9.17, 15) is 0 Å². The first-order chi connectivity index (χ1) is 8.20. The van der Waals surface area contributed by atoms with E-state index in [1.54, 1.807) is 18.1 Å². The van der Waals surface area contributed by atoms with Crippen molar-refractivity contribution in [1.29, 1.82) is 0 Å². The molecule has 90 valence electrons. The molecule has 0 unspecified atom stereocenters. The molecule has 0 aliphatic carbocycles. The standard InChI is InChI=1S/C12H16N4O/c1-9-6-10(17-3)4-5-11(9)13-7-12-14-8-15-16(12)2/h4-6,8,13H,7H2,1-3H3. The van der Waals surface area contributed by atoms with Crippen LogP contribution in [0, 0.1) is 6.92 Å². The molecule has 1 heterocycles. The van der Waals surface area contributed by atoms with Crippen molar-refractivity contribution in [2.24, 2.45) is 7.05 Å². The minimum absolute atomic E-state index is 0.656. The predicted octanol–water partition coefficient (Wildman–Crippen LogP) is 1.74. The van der Waals surface area contributed by atoms with Gasteiger partial charge in [-0.15, -0.1) is 0 Å². The predicted molar refractivity (Wildman–Crippen MR) is 66.1 cm³/mol. The largest absolute Gasteiger partial charge is 0.497 e. The number of benzene rings is 1. The average molecular weight is 232 g/mol. The topological polar surface area (TPSA) is 52.0 Å². The maximum absolute atomic E-state index is 5.17. The number of rotatable bonds is 4. The van der Waals surface area contributed by atoms with Crippen molar-refractivity contribution in [2.75, 3.05) is 12.4 Å². The van der Waals surface area contributed by atoms with Crippen LogP contribution in [-0.2, 0) is 13.6 Å². The average Bonchev–Trinajstić information content (AvgIpc) is 2.73. The lowest BCUT2D eigenvalue weighted by Crippen LogP contribution is -2.07. The number of aromatic nitrogens is 3. The molecule has 0 atom stereocenters. The highest BCUT2D eigenvalue weighted by Gasteiger charge is 2.03. The van der Waals surface area contributed by atoms with Crippen molar-refractivity contribution in [2.45, 2.75) is 13.5 Å². The maximum atomic E-state index is 5.17. The highest BCUT2D eigenvalue weighted by molar-refractivity contribution is 5.53. The highest BCUT2D eigenvalue weighted by Crippen LogP contribution is 2.21. The summed E-state index contributed by atoms with van der Waals surface area (Å²) in [4.78, 5) is 4.16. The Morgan fingerprint density at radius 1 is 1.41 bits per heavy atom. The first-order valence-electron chi connectivity index (χ1n) is 5.42. The van der Waals surface area contributed by atoms with Crippen molar-refractivity contribution in [3.8, 4) is 5.75 Å². The molecular weight excluding hydrogens is 216 g/mol. The molecule has 0 aliphatic rings. The van der Waals surface area contributed by atoms with E-state index in [1.165, 1.54) is 0 Å². The molecule has 0 amide bonds. The minimum Gasteiger partial charge on any atom is -0.497 e. The summed E-state index contributed by atoms with van der Waals surface area (Å²) in [6.07, 6.45) is 1.55. The Bertz CT molecular complexity index is 507. The molecule has 0 saturated carbocycles. The van der Waals surface area contributed by atoms with E-state index < -0.39 is 0 Å². The Morgan fingerprint density at radius 3 is 2.82 bits per heavy atom. The van der Waals surface area contributed by atoms with E-state index in [2.05, 4.69) is 15.4 Å². The van der Waals surface area contributed by atoms with E-state index in [-0.39, 0.29) is 0 Å². The van der Waals surface area contributed by atoms with Crippen LogP contribution in [0.15, 0.2) is 24.5 Å². The normalized spacial score (nSPS) is 10.3. The van der Waals surface area contributed by atoms with Gasteiger partial charge in [-0.3, -0.25) is 4.68 Å². The van der Waals surface area contributed by atoms with Gasteiger partial charge in [-0.2, -0.15) is 5.10 Å². The molecule has 0 fully saturated rings. The number of ether oxygens (including phenoxy) is 1. The first kappa shape index (κ1) is 11.4. The van der Waals surface area contributed by atoms with E-state index in [0.717, 1.165) is 22.8 Å². The van der Waals surface area contributed by atoms with Gasteiger partial charge in [-0.25, -0.2) is 4.98 Å². The second-order valence-corrected chi connectivity index (χ2v) is 3.83. The van der Waals surface area contributed by atoms with Crippen molar-refractivity contribution in [3.05, 3.63) is 35.9 Å². The van der Waals surface area contributed by atoms with Gasteiger partial charge in [-0.05, 0) is 30.7 Å². The smallest absolute Gasteiger partial charge is 0.145 e. The third-order valence-electron chi connectivity index (χ3n) is 2.68. The minimum atomic E-state index is 0.656. The number of nitrogens with zero attached hydrogens (tertiary/aromatic N) is 3. The van der Waals surface area contributed by atoms with Gasteiger partial charge in [0.15, 0.2) is 0 Å². The fourth-order valence-corrected chi connectivity index (χ4v) is 1.62. The summed E-state index contributed by atoms with van der Waals surface area (Å²) in [5.74, 6) is 1.77. The molecule has 0 spiro atoms. The van der Waals surface area contributed by atoms with Crippen LogP contribution in [-0.4, -0.2) is 21.9 Å². The Morgan fingerprint density at radius 2 is 2.24 bits per heavy atom. The number of hydrogen-bond donors (Lipinski definition) is 1. The molecular formula is C12H16N4O. The molecule has 1 aromatic heterocycles. The summed E-state index contributed by atoms with van der Waals surface area (Å²) in [6.45, 7) is 2.70. The quantitative estimate of drug-likeness (QED) is 0.872. The fourth-order valence-electron chi connectivity index (χ4n) is 1.62. The third-order valence-corrected chi connectivity index (χ3v) is 2.68. The van der Waals surface area contributed by atoms with E-state index in [4.69, 9.17) is 4.74 Å². The molecule has 2 rings (SSSR count). The fraction of sp³-hybridized carbons (Fsp3) is 0.333. The van der Waals surface area contributed by atoms with Crippen molar-refractivity contribution in [1.82, 2.24) is 14.8 Å². The number of hydrogen-bond acceptors (Lipinski definition) is 4. The van der Waals surface area contributed by atoms with Gasteiger partial charge in [0.05, 0.1) is 13.7 Å². The maximum Gasteiger partial charge on any atom is 0.145 e. The van der Waals surface area contributed by atoms with Crippen LogP contribution < -0.4 is 10.1 Å². The Balaban J connectivity index is 2.07. The molecule has 0 saturated heterocycles. The molecule has 1 aromatic carbocycles. The Labute approximate surface area is 100 Å². The summed E-state index contributed by atoms with van der Waals surface area (Å²) in [7, 11) is 3.55. The van der Waals surface area contributed by atoms with Gasteiger partial charge in [0, 0.05) is 12.7 Å². The van der Waals surface area contributed by atoms with Crippen LogP contribution in [0.2, 0.25) is 0 Å². The number of anilines is 1. The van der Waals surface area contributed by atoms with Crippen molar-refractivity contribution < 1.29 is 4.74 Å². The second kappa shape index (κ2) is 4.86. The molecule has 2 aromatic rings. The summed E-state index contributed by atoms with van der Waals surface area (Å²) in [5, 5.41) is 7.35. The van der Waals surface area contributed by atoms with Crippen molar-refractivity contribution >= 4 is 5.69 Å². The Hall–Kier alpha value is -2.04. The van der Waals surface area contributed by atoms with E-state index in [1.807, 2.05) is 32.2 Å². The van der Waals surface area contributed by atoms with Crippen LogP contribution in [0.4, 0.5) is 5.69 Å². The number of methoxy groups -OCH3 is 1. The summed E-state index contributed by atoms with van der Waals surface area (Å²) < 4.78 is 6.92. The number of nitrogens with one attached hydrogen (secondary N) is 1. The lowest BCUT2D eigenvalue weighted by molar-refractivity contribution is 0.414. The zero-order valence-electron chi connectivity index (χ0n) is 10.3. The molecule has 0 radical (unpaired) electrons. The lowest BCUT2D eigenvalue weighted by Gasteiger charge is -2.10.